The number of benzene rings is 2. The fraction of sp³-hybridized carbons (Fsp3) is 0.235. The van der Waals surface area contributed by atoms with Crippen molar-refractivity contribution >= 4 is 29.3 Å². The molecule has 3 rings (SSSR count). The summed E-state index contributed by atoms with van der Waals surface area (Å²) in [4.78, 5) is 14.2. The zero-order valence-corrected chi connectivity index (χ0v) is 13.8. The SMILES string of the molecule is O=C(COc1ccc(Cl)cc1)N1CCS[C@H]1c1ccc(F)cc1. The summed E-state index contributed by atoms with van der Waals surface area (Å²) in [6, 6.07) is 13.2. The van der Waals surface area contributed by atoms with Crippen molar-refractivity contribution in [1.82, 2.24) is 4.90 Å². The van der Waals surface area contributed by atoms with Crippen molar-refractivity contribution in [2.24, 2.45) is 0 Å². The second kappa shape index (κ2) is 7.23. The Morgan fingerprint density at radius 1 is 1.22 bits per heavy atom. The molecule has 0 N–H and O–H groups in total. The van der Waals surface area contributed by atoms with Crippen molar-refractivity contribution in [3.63, 3.8) is 0 Å². The minimum absolute atomic E-state index is 0.0279. The predicted molar refractivity (Wildman–Crippen MR) is 90.3 cm³/mol. The molecular weight excluding hydrogens is 337 g/mol. The summed E-state index contributed by atoms with van der Waals surface area (Å²) in [7, 11) is 0. The molecular formula is C17H15ClFNO2S. The van der Waals surface area contributed by atoms with Crippen LogP contribution in [0.1, 0.15) is 10.9 Å². The molecule has 0 spiro atoms. The van der Waals surface area contributed by atoms with Crippen molar-refractivity contribution in [3.05, 3.63) is 64.9 Å². The molecule has 0 saturated carbocycles. The van der Waals surface area contributed by atoms with E-state index in [4.69, 9.17) is 16.3 Å². The minimum Gasteiger partial charge on any atom is -0.484 e. The van der Waals surface area contributed by atoms with Crippen LogP contribution in [0.5, 0.6) is 5.75 Å². The van der Waals surface area contributed by atoms with Gasteiger partial charge in [-0.15, -0.1) is 11.8 Å². The number of amides is 1. The smallest absolute Gasteiger partial charge is 0.261 e. The summed E-state index contributed by atoms with van der Waals surface area (Å²) >= 11 is 7.49. The van der Waals surface area contributed by atoms with Gasteiger partial charge in [-0.05, 0) is 42.0 Å². The van der Waals surface area contributed by atoms with Crippen LogP contribution < -0.4 is 4.74 Å². The number of nitrogens with zero attached hydrogens (tertiary/aromatic N) is 1. The Hall–Kier alpha value is -1.72. The van der Waals surface area contributed by atoms with Gasteiger partial charge in [0.2, 0.25) is 0 Å². The molecule has 0 aromatic heterocycles. The summed E-state index contributed by atoms with van der Waals surface area (Å²) in [5, 5.41) is 0.535. The Morgan fingerprint density at radius 2 is 1.91 bits per heavy atom. The maximum absolute atomic E-state index is 13.0. The van der Waals surface area contributed by atoms with Crippen LogP contribution in [-0.2, 0) is 4.79 Å². The maximum Gasteiger partial charge on any atom is 0.261 e. The number of carbonyl (C=O) groups is 1. The zero-order valence-electron chi connectivity index (χ0n) is 12.2. The summed E-state index contributed by atoms with van der Waals surface area (Å²) in [6.45, 7) is 0.634. The van der Waals surface area contributed by atoms with E-state index in [2.05, 4.69) is 0 Å². The Kier molecular flexibility index (Phi) is 5.08. The molecule has 1 saturated heterocycles. The van der Waals surface area contributed by atoms with Gasteiger partial charge in [0.15, 0.2) is 6.61 Å². The van der Waals surface area contributed by atoms with Crippen LogP contribution in [0.3, 0.4) is 0 Å². The fourth-order valence-electron chi connectivity index (χ4n) is 2.39. The van der Waals surface area contributed by atoms with Gasteiger partial charge in [-0.25, -0.2) is 4.39 Å². The highest BCUT2D eigenvalue weighted by Gasteiger charge is 2.30. The van der Waals surface area contributed by atoms with Gasteiger partial charge in [-0.2, -0.15) is 0 Å². The summed E-state index contributed by atoms with van der Waals surface area (Å²) < 4.78 is 18.6. The van der Waals surface area contributed by atoms with E-state index in [-0.39, 0.29) is 23.7 Å². The molecule has 0 unspecified atom stereocenters. The summed E-state index contributed by atoms with van der Waals surface area (Å²) in [5.74, 6) is 1.10. The lowest BCUT2D eigenvalue weighted by atomic mass is 10.2. The van der Waals surface area contributed by atoms with Gasteiger partial charge in [0.05, 0.1) is 0 Å². The monoisotopic (exact) mass is 351 g/mol. The number of thioether (sulfide) groups is 1. The molecule has 2 aromatic rings. The molecule has 1 atom stereocenters. The molecule has 2 aromatic carbocycles. The van der Waals surface area contributed by atoms with Crippen molar-refractivity contribution in [2.45, 2.75) is 5.37 Å². The van der Waals surface area contributed by atoms with E-state index in [1.54, 1.807) is 53.1 Å². The predicted octanol–water partition coefficient (Wildman–Crippen LogP) is 4.13. The normalized spacial score (nSPS) is 17.3. The average Bonchev–Trinajstić information content (AvgIpc) is 3.04. The molecule has 0 bridgehead atoms. The van der Waals surface area contributed by atoms with Gasteiger partial charge < -0.3 is 9.64 Å². The molecule has 120 valence electrons. The van der Waals surface area contributed by atoms with E-state index in [1.807, 2.05) is 0 Å². The van der Waals surface area contributed by atoms with Gasteiger partial charge in [0.25, 0.3) is 5.91 Å². The number of hydrogen-bond donors (Lipinski definition) is 0. The van der Waals surface area contributed by atoms with E-state index < -0.39 is 0 Å². The number of hydrogen-bond acceptors (Lipinski definition) is 3. The van der Waals surface area contributed by atoms with Crippen molar-refractivity contribution in [2.75, 3.05) is 18.9 Å². The molecule has 3 nitrogen and oxygen atoms in total. The van der Waals surface area contributed by atoms with Crippen molar-refractivity contribution in [1.29, 1.82) is 0 Å². The molecule has 1 aliphatic heterocycles. The maximum atomic E-state index is 13.0. The zero-order chi connectivity index (χ0) is 16.2. The van der Waals surface area contributed by atoms with E-state index in [1.165, 1.54) is 12.1 Å². The third-order valence-electron chi connectivity index (χ3n) is 3.54. The minimum atomic E-state index is -0.277. The van der Waals surface area contributed by atoms with E-state index in [0.717, 1.165) is 11.3 Å². The average molecular weight is 352 g/mol. The van der Waals surface area contributed by atoms with Gasteiger partial charge >= 0.3 is 0 Å². The Bertz CT molecular complexity index is 678. The first-order chi connectivity index (χ1) is 11.1. The molecule has 6 heteroatoms. The third-order valence-corrected chi connectivity index (χ3v) is 5.06. The molecule has 1 heterocycles. The lowest BCUT2D eigenvalue weighted by molar-refractivity contribution is -0.133. The van der Waals surface area contributed by atoms with Crippen LogP contribution in [0.15, 0.2) is 48.5 Å². The van der Waals surface area contributed by atoms with Gasteiger partial charge in [0, 0.05) is 17.3 Å². The third kappa shape index (κ3) is 3.98. The summed E-state index contributed by atoms with van der Waals surface area (Å²) in [6.07, 6.45) is 0. The second-order valence-corrected chi connectivity index (χ2v) is 6.73. The first kappa shape index (κ1) is 16.1. The lowest BCUT2D eigenvalue weighted by Gasteiger charge is -2.24. The highest BCUT2D eigenvalue weighted by Crippen LogP contribution is 2.37. The van der Waals surface area contributed by atoms with E-state index in [0.29, 0.717) is 17.3 Å². The van der Waals surface area contributed by atoms with Crippen LogP contribution in [0.4, 0.5) is 4.39 Å². The standard InChI is InChI=1S/C17H15ClFNO2S/c18-13-3-7-15(8-4-13)22-11-16(21)20-9-10-23-17(20)12-1-5-14(19)6-2-12/h1-8,17H,9-11H2/t17-/m0/s1. The molecule has 0 aliphatic carbocycles. The Balaban J connectivity index is 1.63. The van der Waals surface area contributed by atoms with Crippen LogP contribution in [-0.4, -0.2) is 29.7 Å². The Labute approximate surface area is 143 Å². The largest absolute Gasteiger partial charge is 0.484 e. The molecule has 1 aliphatic rings. The van der Waals surface area contributed by atoms with Gasteiger partial charge in [0.1, 0.15) is 16.9 Å². The van der Waals surface area contributed by atoms with E-state index >= 15 is 0 Å². The van der Waals surface area contributed by atoms with Crippen LogP contribution in [0.25, 0.3) is 0 Å². The number of halogens is 2. The van der Waals surface area contributed by atoms with Crippen LogP contribution >= 0.6 is 23.4 Å². The fourth-order valence-corrected chi connectivity index (χ4v) is 3.79. The molecule has 1 fully saturated rings. The molecule has 0 radical (unpaired) electrons. The highest BCUT2D eigenvalue weighted by molar-refractivity contribution is 7.99. The van der Waals surface area contributed by atoms with Crippen LogP contribution in [0, 0.1) is 5.82 Å². The number of rotatable bonds is 4. The lowest BCUT2D eigenvalue weighted by Crippen LogP contribution is -2.34. The first-order valence-corrected chi connectivity index (χ1v) is 8.61. The highest BCUT2D eigenvalue weighted by atomic mass is 35.5. The summed E-state index contributed by atoms with van der Waals surface area (Å²) in [5.41, 5.74) is 0.925. The number of carbonyl (C=O) groups excluding carboxylic acids is 1. The number of ether oxygens (including phenoxy) is 1. The molecule has 23 heavy (non-hydrogen) atoms. The Morgan fingerprint density at radius 3 is 2.61 bits per heavy atom. The van der Waals surface area contributed by atoms with Crippen molar-refractivity contribution < 1.29 is 13.9 Å². The topological polar surface area (TPSA) is 29.5 Å². The van der Waals surface area contributed by atoms with Crippen molar-refractivity contribution in [3.8, 4) is 5.75 Å². The second-order valence-electron chi connectivity index (χ2n) is 5.10. The van der Waals surface area contributed by atoms with E-state index in [9.17, 15) is 9.18 Å². The molecule has 1 amide bonds. The van der Waals surface area contributed by atoms with Crippen LogP contribution in [0.2, 0.25) is 5.02 Å². The first-order valence-electron chi connectivity index (χ1n) is 7.18. The quantitative estimate of drug-likeness (QED) is 0.829. The van der Waals surface area contributed by atoms with Gasteiger partial charge in [-0.1, -0.05) is 23.7 Å². The van der Waals surface area contributed by atoms with Gasteiger partial charge in [-0.3, -0.25) is 4.79 Å².